The molecule has 0 aliphatic carbocycles. The number of hydrogen-bond donors (Lipinski definition) is 2. The highest BCUT2D eigenvalue weighted by molar-refractivity contribution is 7.14. The largest absolute Gasteiger partial charge is 0.286 e. The van der Waals surface area contributed by atoms with E-state index in [1.54, 1.807) is 42.0 Å². The van der Waals surface area contributed by atoms with Crippen LogP contribution in [0.1, 0.15) is 44.2 Å². The van der Waals surface area contributed by atoms with Crippen molar-refractivity contribution in [2.75, 3.05) is 13.6 Å². The molecule has 3 aromatic rings. The lowest BCUT2D eigenvalue weighted by Crippen LogP contribution is -2.46. The van der Waals surface area contributed by atoms with Crippen molar-refractivity contribution in [1.29, 1.82) is 0 Å². The van der Waals surface area contributed by atoms with Crippen molar-refractivity contribution in [3.05, 3.63) is 75.0 Å². The molecule has 1 aromatic carbocycles. The van der Waals surface area contributed by atoms with Gasteiger partial charge in [0.05, 0.1) is 23.7 Å². The molecule has 0 fully saturated rings. The van der Waals surface area contributed by atoms with Crippen LogP contribution in [0.4, 0.5) is 4.39 Å². The zero-order valence-electron chi connectivity index (χ0n) is 18.0. The highest BCUT2D eigenvalue weighted by Gasteiger charge is 2.23. The molecular weight excluding hydrogens is 417 g/mol. The second kappa shape index (κ2) is 9.84. The molecule has 0 aliphatic heterocycles. The molecule has 0 saturated carbocycles. The average molecular weight is 444 g/mol. The van der Waals surface area contributed by atoms with Gasteiger partial charge in [-0.05, 0) is 49.7 Å². The van der Waals surface area contributed by atoms with Crippen LogP contribution in [0.2, 0.25) is 0 Å². The fourth-order valence-electron chi connectivity index (χ4n) is 3.49. The number of hydrogen-bond acceptors (Lipinski definition) is 5. The SMILES string of the molecule is CCc1sc(C(=O)NNC(=O)CN(C)[C@@H](c2cccc(F)c2)c2cnn(C)c2)cc1C. The molecule has 2 heterocycles. The van der Waals surface area contributed by atoms with Gasteiger partial charge in [0.15, 0.2) is 0 Å². The zero-order valence-corrected chi connectivity index (χ0v) is 18.8. The predicted octanol–water partition coefficient (Wildman–Crippen LogP) is 2.97. The van der Waals surface area contributed by atoms with E-state index in [0.29, 0.717) is 10.4 Å². The number of carbonyl (C=O) groups excluding carboxylic acids is 2. The van der Waals surface area contributed by atoms with Crippen molar-refractivity contribution in [1.82, 2.24) is 25.5 Å². The van der Waals surface area contributed by atoms with Crippen LogP contribution in [-0.2, 0) is 18.3 Å². The molecule has 0 bridgehead atoms. The molecule has 2 amide bonds. The maximum Gasteiger partial charge on any atom is 0.279 e. The van der Waals surface area contributed by atoms with Crippen molar-refractivity contribution in [3.63, 3.8) is 0 Å². The Labute approximate surface area is 184 Å². The second-order valence-corrected chi connectivity index (χ2v) is 8.53. The molecule has 0 radical (unpaired) electrons. The molecule has 9 heteroatoms. The van der Waals surface area contributed by atoms with Gasteiger partial charge in [0.25, 0.3) is 11.8 Å². The number of benzene rings is 1. The van der Waals surface area contributed by atoms with Gasteiger partial charge >= 0.3 is 0 Å². The molecule has 0 saturated heterocycles. The van der Waals surface area contributed by atoms with Gasteiger partial charge in [-0.3, -0.25) is 30.0 Å². The number of hydrazine groups is 1. The van der Waals surface area contributed by atoms with Crippen LogP contribution < -0.4 is 10.9 Å². The Morgan fingerprint density at radius 2 is 2.03 bits per heavy atom. The summed E-state index contributed by atoms with van der Waals surface area (Å²) in [6.07, 6.45) is 4.38. The van der Waals surface area contributed by atoms with Crippen molar-refractivity contribution in [3.8, 4) is 0 Å². The van der Waals surface area contributed by atoms with E-state index in [1.807, 2.05) is 26.1 Å². The predicted molar refractivity (Wildman–Crippen MR) is 118 cm³/mol. The van der Waals surface area contributed by atoms with Gasteiger partial charge in [-0.1, -0.05) is 19.1 Å². The van der Waals surface area contributed by atoms with Crippen LogP contribution in [0.25, 0.3) is 0 Å². The number of rotatable bonds is 7. The van der Waals surface area contributed by atoms with Crippen LogP contribution in [0, 0.1) is 12.7 Å². The minimum atomic E-state index is -0.384. The van der Waals surface area contributed by atoms with E-state index >= 15 is 0 Å². The molecule has 0 unspecified atom stereocenters. The third-order valence-electron chi connectivity index (χ3n) is 4.92. The summed E-state index contributed by atoms with van der Waals surface area (Å²) in [6.45, 7) is 3.99. The van der Waals surface area contributed by atoms with Crippen molar-refractivity contribution >= 4 is 23.2 Å². The Kier molecular flexibility index (Phi) is 7.19. The number of nitrogens with one attached hydrogen (secondary N) is 2. The fraction of sp³-hybridized carbons (Fsp3) is 0.318. The first-order chi connectivity index (χ1) is 14.8. The van der Waals surface area contributed by atoms with E-state index in [0.717, 1.165) is 22.4 Å². The van der Waals surface area contributed by atoms with Crippen LogP contribution in [0.3, 0.4) is 0 Å². The number of nitrogens with zero attached hydrogens (tertiary/aromatic N) is 3. The molecule has 164 valence electrons. The first-order valence-corrected chi connectivity index (χ1v) is 10.7. The molecule has 0 spiro atoms. The van der Waals surface area contributed by atoms with Crippen LogP contribution >= 0.6 is 11.3 Å². The third kappa shape index (κ3) is 5.56. The standard InChI is InChI=1S/C22H26FN5O2S/c1-5-18-14(2)9-19(31-18)22(30)26-25-20(29)13-27(3)21(16-11-24-28(4)12-16)15-7-6-8-17(23)10-15/h6-12,21H,5,13H2,1-4H3,(H,25,29)(H,26,30)/t21-/m0/s1. The molecule has 7 nitrogen and oxygen atoms in total. The van der Waals surface area contributed by atoms with Crippen LogP contribution in [-0.4, -0.2) is 40.1 Å². The molecule has 3 rings (SSSR count). The van der Waals surface area contributed by atoms with Crippen LogP contribution in [0.5, 0.6) is 0 Å². The van der Waals surface area contributed by atoms with Crippen LogP contribution in [0.15, 0.2) is 42.7 Å². The third-order valence-corrected chi connectivity index (χ3v) is 6.30. The summed E-state index contributed by atoms with van der Waals surface area (Å²) >= 11 is 1.42. The first kappa shape index (κ1) is 22.6. The zero-order chi connectivity index (χ0) is 22.5. The highest BCUT2D eigenvalue weighted by Crippen LogP contribution is 2.27. The van der Waals surface area contributed by atoms with Gasteiger partial charge in [-0.15, -0.1) is 11.3 Å². The van der Waals surface area contributed by atoms with Gasteiger partial charge < -0.3 is 0 Å². The van der Waals surface area contributed by atoms with Gasteiger partial charge in [0, 0.05) is 23.7 Å². The topological polar surface area (TPSA) is 79.3 Å². The Balaban J connectivity index is 1.67. The van der Waals surface area contributed by atoms with Crippen molar-refractivity contribution in [2.45, 2.75) is 26.3 Å². The van der Waals surface area contributed by atoms with Gasteiger partial charge in [0.1, 0.15) is 5.82 Å². The maximum absolute atomic E-state index is 13.8. The Morgan fingerprint density at radius 3 is 2.65 bits per heavy atom. The second-order valence-electron chi connectivity index (χ2n) is 7.39. The fourth-order valence-corrected chi connectivity index (χ4v) is 4.50. The van der Waals surface area contributed by atoms with Gasteiger partial charge in [0.2, 0.25) is 0 Å². The summed E-state index contributed by atoms with van der Waals surface area (Å²) in [7, 11) is 3.56. The summed E-state index contributed by atoms with van der Waals surface area (Å²) < 4.78 is 15.5. The summed E-state index contributed by atoms with van der Waals surface area (Å²) in [5.41, 5.74) is 7.53. The Morgan fingerprint density at radius 1 is 1.26 bits per heavy atom. The summed E-state index contributed by atoms with van der Waals surface area (Å²) in [5, 5.41) is 4.20. The van der Waals surface area contributed by atoms with Crippen molar-refractivity contribution < 1.29 is 14.0 Å². The number of thiophene rings is 1. The maximum atomic E-state index is 13.8. The van der Waals surface area contributed by atoms with E-state index in [-0.39, 0.29) is 30.2 Å². The number of carbonyl (C=O) groups is 2. The smallest absolute Gasteiger partial charge is 0.279 e. The van der Waals surface area contributed by atoms with E-state index in [2.05, 4.69) is 16.0 Å². The van der Waals surface area contributed by atoms with E-state index < -0.39 is 0 Å². The van der Waals surface area contributed by atoms with Gasteiger partial charge in [-0.2, -0.15) is 5.10 Å². The van der Waals surface area contributed by atoms with E-state index in [1.165, 1.54) is 23.5 Å². The number of aryl methyl sites for hydroxylation is 3. The molecular formula is C22H26FN5O2S. The van der Waals surface area contributed by atoms with E-state index in [9.17, 15) is 14.0 Å². The van der Waals surface area contributed by atoms with Crippen molar-refractivity contribution in [2.24, 2.45) is 7.05 Å². The molecule has 2 N–H and O–H groups in total. The highest BCUT2D eigenvalue weighted by atomic mass is 32.1. The summed E-state index contributed by atoms with van der Waals surface area (Å²) in [4.78, 5) is 28.3. The minimum Gasteiger partial charge on any atom is -0.286 e. The minimum absolute atomic E-state index is 0.0139. The van der Waals surface area contributed by atoms with E-state index in [4.69, 9.17) is 0 Å². The lowest BCUT2D eigenvalue weighted by atomic mass is 10.00. The number of likely N-dealkylation sites (N-methyl/N-ethyl adjacent to an activating group) is 1. The molecule has 31 heavy (non-hydrogen) atoms. The first-order valence-electron chi connectivity index (χ1n) is 9.91. The lowest BCUT2D eigenvalue weighted by Gasteiger charge is -2.27. The molecule has 1 atom stereocenters. The molecule has 2 aromatic heterocycles. The number of halogens is 1. The number of aromatic nitrogens is 2. The molecule has 0 aliphatic rings. The lowest BCUT2D eigenvalue weighted by molar-refractivity contribution is -0.123. The Hall–Kier alpha value is -3.04. The van der Waals surface area contributed by atoms with Gasteiger partial charge in [-0.25, -0.2) is 4.39 Å². The normalized spacial score (nSPS) is 12.1. The average Bonchev–Trinajstić information content (AvgIpc) is 3.31. The number of amides is 2. The summed E-state index contributed by atoms with van der Waals surface area (Å²) in [6, 6.07) is 7.70. The Bertz CT molecular complexity index is 1080. The quantitative estimate of drug-likeness (QED) is 0.551. The summed E-state index contributed by atoms with van der Waals surface area (Å²) in [5.74, 6) is -1.09. The monoisotopic (exact) mass is 443 g/mol.